The van der Waals surface area contributed by atoms with E-state index in [1.165, 1.54) is 12.1 Å². The van der Waals surface area contributed by atoms with Gasteiger partial charge in [0.15, 0.2) is 24.8 Å². The van der Waals surface area contributed by atoms with Gasteiger partial charge in [-0.25, -0.2) is 0 Å². The van der Waals surface area contributed by atoms with Crippen LogP contribution in [-0.2, 0) is 53.2 Å². The molecule has 6 aromatic rings. The summed E-state index contributed by atoms with van der Waals surface area (Å²) in [5, 5.41) is 33.7. The Morgan fingerprint density at radius 2 is 1.16 bits per heavy atom. The SMILES string of the molecule is Cc1ccc(NC#CNNc2ccc(NC(=O)C[n+]3cccc(C(=O)NCCOCCOCCNOCc4ccc[n+](CC(=O)Nc5ccc(NNC(=O)C(=O)Nc6ccc(C)cc6O)c(C)c5)c4)c3)cc2C)c(O)c1. The normalized spacial score (nSPS) is 10.5. The van der Waals surface area contributed by atoms with Gasteiger partial charge in [-0.2, -0.15) is 14.6 Å². The molecule has 0 radical (unpaired) electrons. The van der Waals surface area contributed by atoms with Gasteiger partial charge in [-0.05, 0) is 123 Å². The highest BCUT2D eigenvalue weighted by Gasteiger charge is 2.18. The molecule has 22 nitrogen and oxygen atoms in total. The first-order valence-electron chi connectivity index (χ1n) is 24.0. The Labute approximate surface area is 439 Å². The second kappa shape index (κ2) is 28.8. The van der Waals surface area contributed by atoms with Crippen LogP contribution in [0.25, 0.3) is 0 Å². The molecule has 5 amide bonds. The van der Waals surface area contributed by atoms with Gasteiger partial charge < -0.3 is 46.3 Å². The molecule has 396 valence electrons. The van der Waals surface area contributed by atoms with E-state index >= 15 is 0 Å². The number of carbonyl (C=O) groups is 5. The van der Waals surface area contributed by atoms with Gasteiger partial charge in [0, 0.05) is 54.2 Å². The topological polar surface area (TPSA) is 282 Å². The number of amides is 5. The van der Waals surface area contributed by atoms with Crippen molar-refractivity contribution in [1.82, 2.24) is 21.6 Å². The Kier molecular flexibility index (Phi) is 21.3. The number of benzene rings is 4. The van der Waals surface area contributed by atoms with Crippen molar-refractivity contribution in [1.29, 1.82) is 0 Å². The Bertz CT molecular complexity index is 3070. The van der Waals surface area contributed by atoms with Crippen LogP contribution in [-0.4, -0.2) is 79.3 Å². The van der Waals surface area contributed by atoms with E-state index < -0.39 is 11.8 Å². The number of rotatable bonds is 25. The monoisotopic (exact) mass is 1040 g/mol. The first-order valence-corrected chi connectivity index (χ1v) is 24.0. The first-order chi connectivity index (χ1) is 36.7. The van der Waals surface area contributed by atoms with Crippen LogP contribution in [0.15, 0.2) is 122 Å². The molecule has 0 saturated heterocycles. The van der Waals surface area contributed by atoms with Gasteiger partial charge in [0.1, 0.15) is 17.1 Å². The molecule has 0 bridgehead atoms. The van der Waals surface area contributed by atoms with Crippen molar-refractivity contribution in [2.24, 2.45) is 0 Å². The molecule has 0 spiro atoms. The second-order valence-corrected chi connectivity index (χ2v) is 17.2. The fourth-order valence-electron chi connectivity index (χ4n) is 7.07. The number of phenols is 2. The van der Waals surface area contributed by atoms with Gasteiger partial charge >= 0.3 is 11.8 Å². The predicted molar refractivity (Wildman–Crippen MR) is 284 cm³/mol. The number of carbonyl (C=O) groups excluding carboxylic acids is 5. The number of nitrogens with one attached hydrogen (secondary N) is 10. The molecule has 2 aromatic heterocycles. The number of aromatic nitrogens is 2. The van der Waals surface area contributed by atoms with Crippen LogP contribution >= 0.6 is 0 Å². The number of hydrogen-bond acceptors (Lipinski definition) is 15. The number of hydrogen-bond donors (Lipinski definition) is 12. The minimum Gasteiger partial charge on any atom is -0.506 e. The van der Waals surface area contributed by atoms with E-state index in [1.54, 1.807) is 108 Å². The molecular weight excluding hydrogens is 977 g/mol. The lowest BCUT2D eigenvalue weighted by Crippen LogP contribution is -2.41. The van der Waals surface area contributed by atoms with Gasteiger partial charge in [0.05, 0.1) is 55.8 Å². The van der Waals surface area contributed by atoms with Crippen LogP contribution in [0.4, 0.5) is 34.1 Å². The third-order valence-corrected chi connectivity index (χ3v) is 10.9. The Balaban J connectivity index is 0.777. The average Bonchev–Trinajstić information content (AvgIpc) is 3.38. The predicted octanol–water partition coefficient (Wildman–Crippen LogP) is 3.70. The van der Waals surface area contributed by atoms with E-state index in [0.29, 0.717) is 60.2 Å². The number of anilines is 6. The van der Waals surface area contributed by atoms with Crippen LogP contribution in [0.2, 0.25) is 0 Å². The number of ether oxygens (including phenoxy) is 2. The lowest BCUT2D eigenvalue weighted by atomic mass is 10.2. The zero-order valence-corrected chi connectivity index (χ0v) is 42.5. The van der Waals surface area contributed by atoms with E-state index in [9.17, 15) is 34.2 Å². The van der Waals surface area contributed by atoms with E-state index in [-0.39, 0.29) is 67.8 Å². The Hall–Kier alpha value is -9.27. The summed E-state index contributed by atoms with van der Waals surface area (Å²) >= 11 is 0. The molecule has 22 heteroatoms. The maximum absolute atomic E-state index is 12.9. The van der Waals surface area contributed by atoms with E-state index in [4.69, 9.17) is 14.3 Å². The second-order valence-electron chi connectivity index (χ2n) is 17.2. The summed E-state index contributed by atoms with van der Waals surface area (Å²) in [5.74, 6) is -2.83. The summed E-state index contributed by atoms with van der Waals surface area (Å²) in [4.78, 5) is 68.8. The van der Waals surface area contributed by atoms with Crippen LogP contribution in [0, 0.1) is 39.8 Å². The average molecular weight is 1040 g/mol. The van der Waals surface area contributed by atoms with E-state index in [2.05, 4.69) is 65.9 Å². The molecule has 0 unspecified atom stereocenters. The molecule has 2 heterocycles. The van der Waals surface area contributed by atoms with Crippen LogP contribution < -0.4 is 62.9 Å². The molecule has 0 fully saturated rings. The highest BCUT2D eigenvalue weighted by atomic mass is 16.6. The highest BCUT2D eigenvalue weighted by molar-refractivity contribution is 6.40. The summed E-state index contributed by atoms with van der Waals surface area (Å²) in [6.45, 7) is 9.59. The number of aryl methyl sites for hydroxylation is 4. The lowest BCUT2D eigenvalue weighted by Gasteiger charge is -2.13. The molecule has 76 heavy (non-hydrogen) atoms. The summed E-state index contributed by atoms with van der Waals surface area (Å²) in [7, 11) is 0. The number of nitrogens with zero attached hydrogens (tertiary/aromatic N) is 2. The summed E-state index contributed by atoms with van der Waals surface area (Å²) in [5.41, 5.74) is 21.2. The zero-order valence-electron chi connectivity index (χ0n) is 42.5. The molecular formula is C54H62N12O10+2. The zero-order chi connectivity index (χ0) is 54.2. The highest BCUT2D eigenvalue weighted by Crippen LogP contribution is 2.25. The standard InChI is InChI=1S/C54H60N12O10/c1-36-9-13-46(48(67)27-36)55-17-18-57-62-44-15-11-42(29-38(44)3)60-51(70)34-66-22-6-8-41(32-66)52(71)56-19-23-74-25-26-75-24-20-58-76-35-40-7-5-21-65(31-40)33-50(69)59-43-12-16-45(39(4)30-43)63-64-54(73)53(72)61-47-14-10-37(2)28-49(47)68/h5-16,21-22,27-32,58H,19-20,23-26,33-35H2,1-4H3,(H9-2,55,56,57,59,60,61,62,63,64,67,68,69,70,71,72,73)/p+2. The fraction of sp³-hybridized carbons (Fsp3) is 0.241. The maximum atomic E-state index is 12.9. The van der Waals surface area contributed by atoms with Crippen LogP contribution in [0.3, 0.4) is 0 Å². The van der Waals surface area contributed by atoms with Gasteiger partial charge in [-0.3, -0.25) is 50.5 Å². The summed E-state index contributed by atoms with van der Waals surface area (Å²) < 4.78 is 14.5. The third-order valence-electron chi connectivity index (χ3n) is 10.9. The molecule has 0 aliphatic carbocycles. The molecule has 0 aliphatic rings. The van der Waals surface area contributed by atoms with Gasteiger partial charge in [0.25, 0.3) is 17.7 Å². The minimum atomic E-state index is -0.969. The smallest absolute Gasteiger partial charge is 0.327 e. The van der Waals surface area contributed by atoms with Crippen molar-refractivity contribution in [3.8, 4) is 23.6 Å². The summed E-state index contributed by atoms with van der Waals surface area (Å²) in [6.07, 6.45) is 6.87. The van der Waals surface area contributed by atoms with Crippen molar-refractivity contribution < 1.29 is 57.6 Å². The summed E-state index contributed by atoms with van der Waals surface area (Å²) in [6, 6.07) is 32.8. The van der Waals surface area contributed by atoms with Crippen molar-refractivity contribution >= 4 is 63.7 Å². The van der Waals surface area contributed by atoms with E-state index in [1.807, 2.05) is 38.1 Å². The van der Waals surface area contributed by atoms with Crippen molar-refractivity contribution in [2.75, 3.05) is 71.6 Å². The van der Waals surface area contributed by atoms with Gasteiger partial charge in [-0.1, -0.05) is 12.1 Å². The number of hydrazine groups is 2. The Morgan fingerprint density at radius 3 is 1.79 bits per heavy atom. The first kappa shape index (κ1) is 56.0. The number of pyridine rings is 2. The lowest BCUT2D eigenvalue weighted by molar-refractivity contribution is -0.684. The molecule has 12 N–H and O–H groups in total. The van der Waals surface area contributed by atoms with Crippen molar-refractivity contribution in [2.45, 2.75) is 47.4 Å². The molecule has 0 atom stereocenters. The van der Waals surface area contributed by atoms with Gasteiger partial charge in [0.2, 0.25) is 13.1 Å². The number of aromatic hydroxyl groups is 2. The molecule has 4 aromatic carbocycles. The fourth-order valence-corrected chi connectivity index (χ4v) is 7.07. The number of hydroxylamine groups is 1. The number of phenolic OH excluding ortho intramolecular Hbond substituents is 2. The van der Waals surface area contributed by atoms with E-state index in [0.717, 1.165) is 27.9 Å². The van der Waals surface area contributed by atoms with Crippen molar-refractivity contribution in [3.05, 3.63) is 155 Å². The molecule has 0 aliphatic heterocycles. The third kappa shape index (κ3) is 18.6. The molecule has 0 saturated carbocycles. The minimum absolute atomic E-state index is 0.0106. The quantitative estimate of drug-likeness (QED) is 0.00741. The van der Waals surface area contributed by atoms with Crippen LogP contribution in [0.1, 0.15) is 38.2 Å². The maximum Gasteiger partial charge on any atom is 0.327 e. The Morgan fingerprint density at radius 1 is 0.579 bits per heavy atom. The van der Waals surface area contributed by atoms with Crippen molar-refractivity contribution in [3.63, 3.8) is 0 Å². The molecule has 6 rings (SSSR count). The van der Waals surface area contributed by atoms with Gasteiger partial charge in [-0.15, -0.1) is 0 Å². The van der Waals surface area contributed by atoms with Crippen LogP contribution in [0.5, 0.6) is 11.5 Å². The largest absolute Gasteiger partial charge is 0.506 e.